The summed E-state index contributed by atoms with van der Waals surface area (Å²) in [6.45, 7) is 4.37. The van der Waals surface area contributed by atoms with E-state index in [1.54, 1.807) is 18.3 Å². The fourth-order valence-corrected chi connectivity index (χ4v) is 3.24. The van der Waals surface area contributed by atoms with Crippen LogP contribution >= 0.6 is 0 Å². The minimum atomic E-state index is -1.21. The highest BCUT2D eigenvalue weighted by molar-refractivity contribution is 5.87. The lowest BCUT2D eigenvalue weighted by atomic mass is 9.84. The van der Waals surface area contributed by atoms with E-state index < -0.39 is 5.97 Å². The topological polar surface area (TPSA) is 67.8 Å². The number of rotatable bonds is 4. The summed E-state index contributed by atoms with van der Waals surface area (Å²) in [6, 6.07) is 14.7. The van der Waals surface area contributed by atoms with Gasteiger partial charge in [-0.3, -0.25) is 5.43 Å². The zero-order valence-electron chi connectivity index (χ0n) is 14.5. The van der Waals surface area contributed by atoms with Gasteiger partial charge in [-0.05, 0) is 35.4 Å². The van der Waals surface area contributed by atoms with Crippen LogP contribution in [0.1, 0.15) is 29.8 Å². The first-order chi connectivity index (χ1) is 11.9. The Balaban J connectivity index is 1.77. The van der Waals surface area contributed by atoms with Gasteiger partial charge in [0.1, 0.15) is 0 Å². The molecule has 0 amide bonds. The average Bonchev–Trinajstić information content (AvgIpc) is 2.79. The van der Waals surface area contributed by atoms with Crippen LogP contribution in [0.4, 0.5) is 11.4 Å². The molecule has 3 rings (SSSR count). The number of hydrogen-bond donors (Lipinski definition) is 1. The van der Waals surface area contributed by atoms with Crippen LogP contribution < -0.4 is 15.4 Å². The first-order valence-corrected chi connectivity index (χ1v) is 8.06. The molecule has 0 fully saturated rings. The third-order valence-corrected chi connectivity index (χ3v) is 4.54. The summed E-state index contributed by atoms with van der Waals surface area (Å²) in [5.74, 6) is -1.21. The Hall–Kier alpha value is -3.08. The second kappa shape index (κ2) is 6.43. The van der Waals surface area contributed by atoms with Crippen molar-refractivity contribution in [1.29, 1.82) is 0 Å². The van der Waals surface area contributed by atoms with E-state index in [1.807, 2.05) is 19.2 Å². The van der Waals surface area contributed by atoms with Crippen molar-refractivity contribution in [2.24, 2.45) is 5.10 Å². The molecule has 0 spiro atoms. The quantitative estimate of drug-likeness (QED) is 0.689. The molecule has 0 saturated heterocycles. The Morgan fingerprint density at radius 2 is 1.96 bits per heavy atom. The van der Waals surface area contributed by atoms with Gasteiger partial charge in [0.15, 0.2) is 0 Å². The number of para-hydroxylation sites is 1. The van der Waals surface area contributed by atoms with E-state index in [-0.39, 0.29) is 11.0 Å². The Morgan fingerprint density at radius 3 is 2.68 bits per heavy atom. The standard InChI is InChI=1S/C20H21N3O2/c1-20(2)16-9-4-5-10-17(16)23(3)18(20)11-12-21-22-15-8-6-7-14(13-15)19(24)25/h4-13,22H,1-3H3,(H,24,25)/p-1/b18-11-,21-12-. The number of carboxylic acid groups (broad SMARTS) is 1. The summed E-state index contributed by atoms with van der Waals surface area (Å²) in [7, 11) is 2.05. The maximum atomic E-state index is 10.9. The number of nitrogens with one attached hydrogen (secondary N) is 1. The third kappa shape index (κ3) is 3.13. The molecule has 128 valence electrons. The minimum Gasteiger partial charge on any atom is -0.545 e. The van der Waals surface area contributed by atoms with E-state index in [9.17, 15) is 9.90 Å². The van der Waals surface area contributed by atoms with Crippen molar-refractivity contribution in [2.45, 2.75) is 19.3 Å². The lowest BCUT2D eigenvalue weighted by Gasteiger charge is -2.23. The highest BCUT2D eigenvalue weighted by Crippen LogP contribution is 2.46. The SMILES string of the molecule is CN1/C(=C\C=N/Nc2cccc(C(=O)[O-])c2)C(C)(C)c2ccccc21. The van der Waals surface area contributed by atoms with E-state index in [2.05, 4.69) is 47.5 Å². The molecule has 0 unspecified atom stereocenters. The normalized spacial score (nSPS) is 17.1. The van der Waals surface area contributed by atoms with E-state index in [1.165, 1.54) is 23.4 Å². The van der Waals surface area contributed by atoms with Crippen LogP contribution in [0, 0.1) is 0 Å². The van der Waals surface area contributed by atoms with Crippen LogP contribution in [-0.4, -0.2) is 19.2 Å². The Bertz CT molecular complexity index is 869. The molecule has 5 nitrogen and oxygen atoms in total. The summed E-state index contributed by atoms with van der Waals surface area (Å²) in [5.41, 5.74) is 7.07. The third-order valence-electron chi connectivity index (χ3n) is 4.54. The van der Waals surface area contributed by atoms with Crippen LogP contribution in [0.2, 0.25) is 0 Å². The molecule has 1 N–H and O–H groups in total. The van der Waals surface area contributed by atoms with Gasteiger partial charge in [-0.1, -0.05) is 44.2 Å². The summed E-state index contributed by atoms with van der Waals surface area (Å²) >= 11 is 0. The van der Waals surface area contributed by atoms with Crippen molar-refractivity contribution in [2.75, 3.05) is 17.4 Å². The van der Waals surface area contributed by atoms with Gasteiger partial charge in [0.25, 0.3) is 0 Å². The first kappa shape index (κ1) is 16.8. The molecule has 0 radical (unpaired) electrons. The number of fused-ring (bicyclic) bond motifs is 1. The van der Waals surface area contributed by atoms with Crippen LogP contribution in [-0.2, 0) is 5.41 Å². The molecule has 0 atom stereocenters. The molecular formula is C20H20N3O2-. The van der Waals surface area contributed by atoms with Crippen LogP contribution in [0.5, 0.6) is 0 Å². The molecule has 0 aliphatic carbocycles. The Kier molecular flexibility index (Phi) is 4.31. The molecule has 0 bridgehead atoms. The van der Waals surface area contributed by atoms with Gasteiger partial charge in [-0.2, -0.15) is 5.10 Å². The zero-order valence-corrected chi connectivity index (χ0v) is 14.5. The molecule has 2 aromatic rings. The maximum Gasteiger partial charge on any atom is 0.0716 e. The van der Waals surface area contributed by atoms with Crippen LogP contribution in [0.25, 0.3) is 0 Å². The van der Waals surface area contributed by atoms with Crippen molar-refractivity contribution in [3.05, 3.63) is 71.4 Å². The monoisotopic (exact) mass is 334 g/mol. The van der Waals surface area contributed by atoms with Crippen molar-refractivity contribution < 1.29 is 9.90 Å². The number of benzene rings is 2. The molecule has 0 aromatic heterocycles. The molecule has 25 heavy (non-hydrogen) atoms. The predicted molar refractivity (Wildman–Crippen MR) is 98.8 cm³/mol. The number of nitrogens with zero attached hydrogens (tertiary/aromatic N) is 2. The van der Waals surface area contributed by atoms with Gasteiger partial charge in [-0.15, -0.1) is 0 Å². The zero-order chi connectivity index (χ0) is 18.0. The molecule has 5 heteroatoms. The fourth-order valence-electron chi connectivity index (χ4n) is 3.24. The largest absolute Gasteiger partial charge is 0.545 e. The van der Waals surface area contributed by atoms with Crippen molar-refractivity contribution >= 4 is 23.6 Å². The smallest absolute Gasteiger partial charge is 0.0716 e. The number of allylic oxidation sites excluding steroid dienone is 2. The second-order valence-electron chi connectivity index (χ2n) is 6.51. The Labute approximate surface area is 147 Å². The fraction of sp³-hybridized carbons (Fsp3) is 0.200. The number of carboxylic acids is 1. The van der Waals surface area contributed by atoms with Gasteiger partial charge >= 0.3 is 0 Å². The predicted octanol–water partition coefficient (Wildman–Crippen LogP) is 2.76. The summed E-state index contributed by atoms with van der Waals surface area (Å²) in [4.78, 5) is 13.0. The lowest BCUT2D eigenvalue weighted by Crippen LogP contribution is -2.23. The van der Waals surface area contributed by atoms with Gasteiger partial charge < -0.3 is 14.8 Å². The van der Waals surface area contributed by atoms with Gasteiger partial charge in [0.2, 0.25) is 0 Å². The number of carbonyl (C=O) groups excluding carboxylic acids is 1. The van der Waals surface area contributed by atoms with E-state index in [0.29, 0.717) is 5.69 Å². The molecule has 1 aliphatic heterocycles. The lowest BCUT2D eigenvalue weighted by molar-refractivity contribution is -0.255. The summed E-state index contributed by atoms with van der Waals surface area (Å²) < 4.78 is 0. The van der Waals surface area contributed by atoms with E-state index in [4.69, 9.17) is 0 Å². The number of carbonyl (C=O) groups is 1. The minimum absolute atomic E-state index is 0.105. The average molecular weight is 334 g/mol. The number of anilines is 2. The number of likely N-dealkylation sites (N-methyl/N-ethyl adjacent to an activating group) is 1. The highest BCUT2D eigenvalue weighted by atomic mass is 16.4. The number of hydrazone groups is 1. The van der Waals surface area contributed by atoms with Crippen LogP contribution in [0.3, 0.4) is 0 Å². The first-order valence-electron chi connectivity index (χ1n) is 8.06. The summed E-state index contributed by atoms with van der Waals surface area (Å²) in [6.07, 6.45) is 3.65. The molecule has 0 saturated carbocycles. The van der Waals surface area contributed by atoms with Gasteiger partial charge in [0, 0.05) is 30.1 Å². The van der Waals surface area contributed by atoms with E-state index >= 15 is 0 Å². The highest BCUT2D eigenvalue weighted by Gasteiger charge is 2.37. The maximum absolute atomic E-state index is 10.9. The number of aromatic carboxylic acids is 1. The molecule has 1 aliphatic rings. The van der Waals surface area contributed by atoms with Crippen molar-refractivity contribution in [3.8, 4) is 0 Å². The number of hydrogen-bond acceptors (Lipinski definition) is 5. The van der Waals surface area contributed by atoms with Crippen molar-refractivity contribution in [1.82, 2.24) is 0 Å². The second-order valence-corrected chi connectivity index (χ2v) is 6.51. The van der Waals surface area contributed by atoms with E-state index in [0.717, 1.165) is 5.70 Å². The van der Waals surface area contributed by atoms with Crippen molar-refractivity contribution in [3.63, 3.8) is 0 Å². The molecule has 1 heterocycles. The Morgan fingerprint density at radius 1 is 1.20 bits per heavy atom. The summed E-state index contributed by atoms with van der Waals surface area (Å²) in [5, 5.41) is 15.1. The molecule has 2 aromatic carbocycles. The van der Waals surface area contributed by atoms with Crippen LogP contribution in [0.15, 0.2) is 65.4 Å². The van der Waals surface area contributed by atoms with Gasteiger partial charge in [0.05, 0.1) is 11.7 Å². The van der Waals surface area contributed by atoms with Gasteiger partial charge in [-0.25, -0.2) is 0 Å². The molecular weight excluding hydrogens is 314 g/mol.